The van der Waals surface area contributed by atoms with Crippen LogP contribution in [-0.4, -0.2) is 35.7 Å². The third-order valence-corrected chi connectivity index (χ3v) is 5.18. The number of amides is 1. The lowest BCUT2D eigenvalue weighted by Crippen LogP contribution is -2.39. The van der Waals surface area contributed by atoms with Crippen LogP contribution in [0, 0.1) is 10.1 Å². The first-order valence-electron chi connectivity index (χ1n) is 8.35. The molecule has 0 aromatic heterocycles. The summed E-state index contributed by atoms with van der Waals surface area (Å²) >= 11 is 1.22. The largest absolute Gasteiger partial charge is 0.449 e. The van der Waals surface area contributed by atoms with Crippen LogP contribution in [0.5, 0.6) is 0 Å². The summed E-state index contributed by atoms with van der Waals surface area (Å²) in [6, 6.07) is 11.7. The van der Waals surface area contributed by atoms with Crippen LogP contribution in [0.15, 0.2) is 47.4 Å². The number of thioether (sulfide) groups is 1. The number of hydrogen-bond acceptors (Lipinski definition) is 6. The van der Waals surface area contributed by atoms with Gasteiger partial charge in [0.05, 0.1) is 15.4 Å². The average molecular weight is 386 g/mol. The van der Waals surface area contributed by atoms with Crippen molar-refractivity contribution in [3.8, 4) is 0 Å². The van der Waals surface area contributed by atoms with E-state index < -0.39 is 17.0 Å². The molecule has 8 heteroatoms. The molecule has 140 valence electrons. The second kappa shape index (κ2) is 7.79. The summed E-state index contributed by atoms with van der Waals surface area (Å²) in [6.45, 7) is 2.04. The number of nitrogens with zero attached hydrogens (tertiary/aromatic N) is 2. The summed E-state index contributed by atoms with van der Waals surface area (Å²) in [4.78, 5) is 37.7. The predicted molar refractivity (Wildman–Crippen MR) is 102 cm³/mol. The minimum atomic E-state index is -0.997. The molecule has 7 nitrogen and oxygen atoms in total. The summed E-state index contributed by atoms with van der Waals surface area (Å²) in [5, 5.41) is 11.2. The van der Waals surface area contributed by atoms with Gasteiger partial charge in [0, 0.05) is 18.3 Å². The van der Waals surface area contributed by atoms with Crippen molar-refractivity contribution in [2.75, 3.05) is 17.7 Å². The van der Waals surface area contributed by atoms with Crippen LogP contribution in [0.4, 0.5) is 11.4 Å². The van der Waals surface area contributed by atoms with Crippen LogP contribution in [0.3, 0.4) is 0 Å². The molecular weight excluding hydrogens is 368 g/mol. The molecule has 2 aromatic rings. The number of nitro benzene ring substituents is 1. The predicted octanol–water partition coefficient (Wildman–Crippen LogP) is 3.45. The Kier molecular flexibility index (Phi) is 5.46. The maximum absolute atomic E-state index is 12.7. The molecule has 1 amide bonds. The molecule has 0 bridgehead atoms. The SMILES string of the molecule is CSc1ccc(C(=O)O[C@H](C)C(=O)N2CCc3ccccc32)cc1[N+](=O)[O-]. The van der Waals surface area contributed by atoms with E-state index in [1.807, 2.05) is 24.3 Å². The molecule has 0 saturated heterocycles. The lowest BCUT2D eigenvalue weighted by atomic mass is 10.2. The second-order valence-electron chi connectivity index (χ2n) is 6.06. The van der Waals surface area contributed by atoms with E-state index in [2.05, 4.69) is 0 Å². The Morgan fingerprint density at radius 1 is 1.26 bits per heavy atom. The molecule has 0 unspecified atom stereocenters. The maximum Gasteiger partial charge on any atom is 0.339 e. The van der Waals surface area contributed by atoms with Gasteiger partial charge in [-0.1, -0.05) is 18.2 Å². The smallest absolute Gasteiger partial charge is 0.339 e. The molecule has 1 atom stereocenters. The molecule has 1 aliphatic heterocycles. The second-order valence-corrected chi connectivity index (χ2v) is 6.91. The summed E-state index contributed by atoms with van der Waals surface area (Å²) in [7, 11) is 0. The Labute approximate surface area is 160 Å². The minimum absolute atomic E-state index is 0.0426. The zero-order valence-electron chi connectivity index (χ0n) is 14.9. The summed E-state index contributed by atoms with van der Waals surface area (Å²) in [5.41, 5.74) is 1.78. The van der Waals surface area contributed by atoms with Gasteiger partial charge >= 0.3 is 5.97 Å². The van der Waals surface area contributed by atoms with Crippen LogP contribution in [-0.2, 0) is 16.0 Å². The monoisotopic (exact) mass is 386 g/mol. The highest BCUT2D eigenvalue weighted by Crippen LogP contribution is 2.30. The third-order valence-electron chi connectivity index (χ3n) is 4.40. The summed E-state index contributed by atoms with van der Waals surface area (Å²) in [6.07, 6.45) is 1.47. The fraction of sp³-hybridized carbons (Fsp3) is 0.263. The lowest BCUT2D eigenvalue weighted by Gasteiger charge is -2.21. The van der Waals surface area contributed by atoms with Crippen LogP contribution < -0.4 is 4.90 Å². The van der Waals surface area contributed by atoms with Crippen molar-refractivity contribution in [2.24, 2.45) is 0 Å². The highest BCUT2D eigenvalue weighted by atomic mass is 32.2. The van der Waals surface area contributed by atoms with Crippen molar-refractivity contribution in [3.63, 3.8) is 0 Å². The first-order chi connectivity index (χ1) is 12.9. The number of benzene rings is 2. The van der Waals surface area contributed by atoms with Gasteiger partial charge in [-0.25, -0.2) is 4.79 Å². The third kappa shape index (κ3) is 3.80. The molecule has 0 fully saturated rings. The molecule has 0 saturated carbocycles. The molecule has 0 N–H and O–H groups in total. The van der Waals surface area contributed by atoms with Crippen molar-refractivity contribution in [1.82, 2.24) is 0 Å². The van der Waals surface area contributed by atoms with Crippen LogP contribution in [0.2, 0.25) is 0 Å². The summed E-state index contributed by atoms with van der Waals surface area (Å²) in [5.74, 6) is -1.08. The Hall–Kier alpha value is -2.87. The molecule has 27 heavy (non-hydrogen) atoms. The van der Waals surface area contributed by atoms with Crippen LogP contribution >= 0.6 is 11.8 Å². The average Bonchev–Trinajstić information content (AvgIpc) is 3.10. The first kappa shape index (κ1) is 18.9. The van der Waals surface area contributed by atoms with Crippen molar-refractivity contribution in [2.45, 2.75) is 24.3 Å². The van der Waals surface area contributed by atoms with E-state index in [9.17, 15) is 19.7 Å². The minimum Gasteiger partial charge on any atom is -0.449 e. The van der Waals surface area contributed by atoms with Crippen LogP contribution in [0.1, 0.15) is 22.8 Å². The Morgan fingerprint density at radius 3 is 2.70 bits per heavy atom. The van der Waals surface area contributed by atoms with Crippen molar-refractivity contribution in [3.05, 3.63) is 63.7 Å². The summed E-state index contributed by atoms with van der Waals surface area (Å²) < 4.78 is 5.27. The van der Waals surface area contributed by atoms with E-state index in [4.69, 9.17) is 4.74 Å². The van der Waals surface area contributed by atoms with Crippen LogP contribution in [0.25, 0.3) is 0 Å². The zero-order valence-corrected chi connectivity index (χ0v) is 15.7. The Balaban J connectivity index is 1.74. The van der Waals surface area contributed by atoms with Crippen molar-refractivity contribution in [1.29, 1.82) is 0 Å². The first-order valence-corrected chi connectivity index (χ1v) is 9.57. The number of fused-ring (bicyclic) bond motifs is 1. The molecule has 3 rings (SSSR count). The lowest BCUT2D eigenvalue weighted by molar-refractivity contribution is -0.387. The van der Waals surface area contributed by atoms with Crippen molar-refractivity contribution < 1.29 is 19.2 Å². The Bertz CT molecular complexity index is 915. The molecular formula is C19H18N2O5S. The Morgan fingerprint density at radius 2 is 2.00 bits per heavy atom. The number of carbonyl (C=O) groups excluding carboxylic acids is 2. The van der Waals surface area contributed by atoms with E-state index in [1.165, 1.54) is 36.9 Å². The van der Waals surface area contributed by atoms with Gasteiger partial charge in [-0.2, -0.15) is 0 Å². The number of ether oxygens (including phenoxy) is 1. The van der Waals surface area contributed by atoms with E-state index in [1.54, 1.807) is 11.2 Å². The number of rotatable bonds is 5. The normalized spacial score (nSPS) is 13.8. The van der Waals surface area contributed by atoms with Gasteiger partial charge in [-0.05, 0) is 43.4 Å². The topological polar surface area (TPSA) is 89.8 Å². The zero-order chi connectivity index (χ0) is 19.6. The van der Waals surface area contributed by atoms with Gasteiger partial charge in [0.1, 0.15) is 0 Å². The van der Waals surface area contributed by atoms with E-state index in [0.29, 0.717) is 11.4 Å². The number of para-hydroxylation sites is 1. The highest BCUT2D eigenvalue weighted by molar-refractivity contribution is 7.98. The van der Waals surface area contributed by atoms with Gasteiger partial charge in [0.2, 0.25) is 0 Å². The molecule has 2 aromatic carbocycles. The van der Waals surface area contributed by atoms with Gasteiger partial charge in [-0.3, -0.25) is 14.9 Å². The fourth-order valence-corrected chi connectivity index (χ4v) is 3.57. The number of nitro groups is 1. The molecule has 1 heterocycles. The standard InChI is InChI=1S/C19H18N2O5S/c1-12(18(22)20-10-9-13-5-3-4-6-15(13)20)26-19(23)14-7-8-17(27-2)16(11-14)21(24)25/h3-8,11-12H,9-10H2,1-2H3/t12-/m1/s1. The van der Waals surface area contributed by atoms with Gasteiger partial charge in [-0.15, -0.1) is 11.8 Å². The molecule has 0 spiro atoms. The van der Waals surface area contributed by atoms with Crippen molar-refractivity contribution >= 4 is 35.0 Å². The molecule has 0 radical (unpaired) electrons. The van der Waals surface area contributed by atoms with E-state index >= 15 is 0 Å². The number of carbonyl (C=O) groups is 2. The van der Waals surface area contributed by atoms with E-state index in [0.717, 1.165) is 17.7 Å². The number of hydrogen-bond donors (Lipinski definition) is 0. The molecule has 1 aliphatic rings. The maximum atomic E-state index is 12.7. The number of anilines is 1. The number of esters is 1. The van der Waals surface area contributed by atoms with Gasteiger partial charge in [0.15, 0.2) is 6.10 Å². The highest BCUT2D eigenvalue weighted by Gasteiger charge is 2.30. The fourth-order valence-electron chi connectivity index (χ4n) is 3.03. The quantitative estimate of drug-likeness (QED) is 0.338. The van der Waals surface area contributed by atoms with Gasteiger partial charge in [0.25, 0.3) is 11.6 Å². The van der Waals surface area contributed by atoms with Gasteiger partial charge < -0.3 is 9.64 Å². The van der Waals surface area contributed by atoms with E-state index in [-0.39, 0.29) is 17.2 Å². The molecule has 0 aliphatic carbocycles.